The maximum Gasteiger partial charge on any atom is 0.182 e. The number of rotatable bonds is 5. The van der Waals surface area contributed by atoms with Crippen LogP contribution in [0.1, 0.15) is 24.2 Å². The Balaban J connectivity index is 1.99. The van der Waals surface area contributed by atoms with Gasteiger partial charge in [0.05, 0.1) is 17.9 Å². The van der Waals surface area contributed by atoms with Crippen molar-refractivity contribution in [3.8, 4) is 0 Å². The lowest BCUT2D eigenvalue weighted by molar-refractivity contribution is -0.129. The van der Waals surface area contributed by atoms with Crippen LogP contribution in [0.25, 0.3) is 0 Å². The first-order chi connectivity index (χ1) is 12.4. The Bertz CT molecular complexity index is 839. The van der Waals surface area contributed by atoms with Gasteiger partial charge in [-0.2, -0.15) is 4.53 Å². The van der Waals surface area contributed by atoms with E-state index >= 15 is 0 Å². The van der Waals surface area contributed by atoms with Crippen molar-refractivity contribution in [1.82, 2.24) is 5.12 Å². The maximum absolute atomic E-state index is 12.5. The Labute approximate surface area is 156 Å². The van der Waals surface area contributed by atoms with Crippen LogP contribution in [0.3, 0.4) is 0 Å². The molecular weight excluding hydrogens is 354 g/mol. The molecule has 0 amide bonds. The van der Waals surface area contributed by atoms with Crippen LogP contribution in [0.2, 0.25) is 0 Å². The molecule has 1 fully saturated rings. The SMILES string of the molecule is CC(=O)c1ccc(N(Cl)N2C(C(C)=O)C(=O)CN2c2ccccc2)cc1. The predicted octanol–water partition coefficient (Wildman–Crippen LogP) is 3.03. The molecule has 26 heavy (non-hydrogen) atoms. The molecule has 1 saturated heterocycles. The Morgan fingerprint density at radius 3 is 2.19 bits per heavy atom. The molecule has 1 aliphatic rings. The van der Waals surface area contributed by atoms with Gasteiger partial charge in [-0.3, -0.25) is 19.4 Å². The second kappa shape index (κ2) is 7.27. The van der Waals surface area contributed by atoms with Gasteiger partial charge in [-0.25, -0.2) is 0 Å². The second-order valence-corrected chi connectivity index (χ2v) is 6.38. The van der Waals surface area contributed by atoms with Gasteiger partial charge in [-0.1, -0.05) is 23.3 Å². The van der Waals surface area contributed by atoms with Crippen molar-refractivity contribution in [2.24, 2.45) is 0 Å². The highest BCUT2D eigenvalue weighted by Crippen LogP contribution is 2.31. The standard InChI is InChI=1S/C19H18ClN3O3/c1-13(24)15-8-10-17(11-9-15)22(20)23-19(14(2)25)18(26)12-21(23)16-6-4-3-5-7-16/h3-11,19H,12H2,1-2H3. The van der Waals surface area contributed by atoms with Crippen LogP contribution < -0.4 is 9.54 Å². The summed E-state index contributed by atoms with van der Waals surface area (Å²) in [6, 6.07) is 14.9. The Morgan fingerprint density at radius 1 is 1.04 bits per heavy atom. The van der Waals surface area contributed by atoms with Crippen molar-refractivity contribution < 1.29 is 14.4 Å². The normalized spacial score (nSPS) is 17.4. The lowest BCUT2D eigenvalue weighted by Gasteiger charge is -2.36. The average molecular weight is 372 g/mol. The molecule has 134 valence electrons. The maximum atomic E-state index is 12.5. The zero-order chi connectivity index (χ0) is 18.8. The monoisotopic (exact) mass is 371 g/mol. The minimum Gasteiger partial charge on any atom is -0.298 e. The van der Waals surface area contributed by atoms with E-state index in [9.17, 15) is 14.4 Å². The van der Waals surface area contributed by atoms with Gasteiger partial charge in [0.1, 0.15) is 0 Å². The number of hydrogen-bond donors (Lipinski definition) is 0. The van der Waals surface area contributed by atoms with E-state index in [1.807, 2.05) is 30.3 Å². The highest BCUT2D eigenvalue weighted by molar-refractivity contribution is 6.26. The molecule has 0 N–H and O–H groups in total. The van der Waals surface area contributed by atoms with Crippen molar-refractivity contribution in [1.29, 1.82) is 0 Å². The van der Waals surface area contributed by atoms with Gasteiger partial charge >= 0.3 is 0 Å². The molecule has 2 aromatic rings. The third-order valence-corrected chi connectivity index (χ3v) is 4.55. The second-order valence-electron chi connectivity index (χ2n) is 6.06. The number of Topliss-reactive ketones (excluding diaryl/α,β-unsaturated/α-hetero) is 3. The summed E-state index contributed by atoms with van der Waals surface area (Å²) in [4.78, 5) is 36.0. The average Bonchev–Trinajstić information content (AvgIpc) is 2.99. The van der Waals surface area contributed by atoms with E-state index in [0.29, 0.717) is 11.3 Å². The van der Waals surface area contributed by atoms with E-state index in [0.717, 1.165) is 5.69 Å². The van der Waals surface area contributed by atoms with Crippen LogP contribution in [-0.4, -0.2) is 35.1 Å². The van der Waals surface area contributed by atoms with Crippen LogP contribution in [0.4, 0.5) is 11.4 Å². The lowest BCUT2D eigenvalue weighted by atomic mass is 10.1. The molecule has 1 unspecified atom stereocenters. The summed E-state index contributed by atoms with van der Waals surface area (Å²) in [5.74, 6) is -0.576. The van der Waals surface area contributed by atoms with Gasteiger partial charge in [0, 0.05) is 17.3 Å². The third-order valence-electron chi connectivity index (χ3n) is 4.19. The molecule has 0 aliphatic carbocycles. The van der Waals surface area contributed by atoms with E-state index < -0.39 is 6.04 Å². The van der Waals surface area contributed by atoms with E-state index in [4.69, 9.17) is 11.8 Å². The molecule has 7 heteroatoms. The number of hydrazine groups is 2. The van der Waals surface area contributed by atoms with E-state index in [2.05, 4.69) is 0 Å². The summed E-state index contributed by atoms with van der Waals surface area (Å²) >= 11 is 6.52. The quantitative estimate of drug-likeness (QED) is 0.457. The fraction of sp³-hybridized carbons (Fsp3) is 0.211. The van der Waals surface area contributed by atoms with E-state index in [1.54, 1.807) is 29.3 Å². The van der Waals surface area contributed by atoms with Crippen LogP contribution in [0.5, 0.6) is 0 Å². The minimum atomic E-state index is -1.000. The number of benzene rings is 2. The van der Waals surface area contributed by atoms with Gasteiger partial charge < -0.3 is 0 Å². The van der Waals surface area contributed by atoms with Crippen molar-refractivity contribution in [2.45, 2.75) is 19.9 Å². The Kier molecular flexibility index (Phi) is 5.06. The lowest BCUT2D eigenvalue weighted by Crippen LogP contribution is -2.52. The third kappa shape index (κ3) is 3.34. The molecule has 3 rings (SSSR count). The number of hydrogen-bond acceptors (Lipinski definition) is 6. The van der Waals surface area contributed by atoms with Crippen LogP contribution in [-0.2, 0) is 9.59 Å². The molecule has 0 aromatic heterocycles. The number of para-hydroxylation sites is 1. The van der Waals surface area contributed by atoms with Gasteiger partial charge in [0.15, 0.2) is 23.4 Å². The topological polar surface area (TPSA) is 60.9 Å². The predicted molar refractivity (Wildman–Crippen MR) is 99.9 cm³/mol. The summed E-state index contributed by atoms with van der Waals surface area (Å²) in [5, 5.41) is 3.12. The molecule has 0 radical (unpaired) electrons. The zero-order valence-corrected chi connectivity index (χ0v) is 15.2. The number of halogens is 1. The van der Waals surface area contributed by atoms with Gasteiger partial charge in [0.2, 0.25) is 0 Å². The molecular formula is C19H18ClN3O3. The van der Waals surface area contributed by atoms with Crippen LogP contribution >= 0.6 is 11.8 Å². The molecule has 6 nitrogen and oxygen atoms in total. The minimum absolute atomic E-state index is 0.0447. The van der Waals surface area contributed by atoms with Gasteiger partial charge in [0.25, 0.3) is 0 Å². The zero-order valence-electron chi connectivity index (χ0n) is 14.4. The summed E-state index contributed by atoms with van der Waals surface area (Å²) in [5.41, 5.74) is 1.84. The Hall–Kier alpha value is -2.70. The summed E-state index contributed by atoms with van der Waals surface area (Å²) in [6.07, 6.45) is 0. The molecule has 1 atom stereocenters. The molecule has 2 aromatic carbocycles. The molecule has 0 spiro atoms. The number of carbonyl (C=O) groups excluding carboxylic acids is 3. The number of nitrogens with zero attached hydrogens (tertiary/aromatic N) is 3. The largest absolute Gasteiger partial charge is 0.298 e. The van der Waals surface area contributed by atoms with Gasteiger partial charge in [-0.05, 0) is 50.2 Å². The molecule has 0 saturated carbocycles. The number of anilines is 2. The summed E-state index contributed by atoms with van der Waals surface area (Å²) in [7, 11) is 0. The van der Waals surface area contributed by atoms with Crippen LogP contribution in [0.15, 0.2) is 54.6 Å². The van der Waals surface area contributed by atoms with Gasteiger partial charge in [-0.15, -0.1) is 0 Å². The first-order valence-corrected chi connectivity index (χ1v) is 8.45. The van der Waals surface area contributed by atoms with Crippen molar-refractivity contribution in [3.05, 3.63) is 60.2 Å². The highest BCUT2D eigenvalue weighted by Gasteiger charge is 2.45. The smallest absolute Gasteiger partial charge is 0.182 e. The van der Waals surface area contributed by atoms with E-state index in [-0.39, 0.29) is 23.9 Å². The number of ketones is 3. The fourth-order valence-corrected chi connectivity index (χ4v) is 3.19. The first kappa shape index (κ1) is 18.1. The summed E-state index contributed by atoms with van der Waals surface area (Å²) in [6.45, 7) is 2.90. The van der Waals surface area contributed by atoms with Crippen molar-refractivity contribution >= 4 is 40.5 Å². The van der Waals surface area contributed by atoms with Crippen molar-refractivity contribution in [3.63, 3.8) is 0 Å². The van der Waals surface area contributed by atoms with Crippen molar-refractivity contribution in [2.75, 3.05) is 16.1 Å². The number of carbonyl (C=O) groups is 3. The van der Waals surface area contributed by atoms with Crippen LogP contribution in [0, 0.1) is 0 Å². The summed E-state index contributed by atoms with van der Waals surface area (Å²) < 4.78 is 1.24. The van der Waals surface area contributed by atoms with E-state index in [1.165, 1.54) is 23.5 Å². The molecule has 0 bridgehead atoms. The Morgan fingerprint density at radius 2 is 1.65 bits per heavy atom. The molecule has 1 aliphatic heterocycles. The first-order valence-electron chi connectivity index (χ1n) is 8.12. The fourth-order valence-electron chi connectivity index (χ4n) is 2.91. The highest BCUT2D eigenvalue weighted by atomic mass is 35.5. The molecule has 1 heterocycles.